The smallest absolute Gasteiger partial charge is 0.410 e. The van der Waals surface area contributed by atoms with Crippen LogP contribution in [-0.2, 0) is 14.3 Å². The van der Waals surface area contributed by atoms with Gasteiger partial charge in [-0.3, -0.25) is 9.59 Å². The molecule has 2 aliphatic rings. The predicted octanol–water partition coefficient (Wildman–Crippen LogP) is 1.36. The Morgan fingerprint density at radius 3 is 2.12 bits per heavy atom. The zero-order valence-electron chi connectivity index (χ0n) is 14.9. The van der Waals surface area contributed by atoms with Crippen molar-refractivity contribution in [1.82, 2.24) is 9.80 Å². The Hall–Kier alpha value is -1.79. The van der Waals surface area contributed by atoms with Gasteiger partial charge in [-0.25, -0.2) is 4.79 Å². The van der Waals surface area contributed by atoms with Crippen LogP contribution in [0.3, 0.4) is 0 Å². The summed E-state index contributed by atoms with van der Waals surface area (Å²) >= 11 is 0. The van der Waals surface area contributed by atoms with Crippen LogP contribution >= 0.6 is 0 Å². The third kappa shape index (κ3) is 4.85. The topological polar surface area (TPSA) is 92.9 Å². The zero-order chi connectivity index (χ0) is 17.9. The maximum atomic E-state index is 12.7. The molecule has 0 aliphatic carbocycles. The van der Waals surface area contributed by atoms with E-state index in [1.807, 2.05) is 25.7 Å². The van der Waals surface area contributed by atoms with Crippen molar-refractivity contribution in [3.05, 3.63) is 0 Å². The van der Waals surface area contributed by atoms with Gasteiger partial charge in [-0.1, -0.05) is 0 Å². The van der Waals surface area contributed by atoms with Gasteiger partial charge in [-0.05, 0) is 46.5 Å². The Labute approximate surface area is 143 Å². The predicted molar refractivity (Wildman–Crippen MR) is 89.0 cm³/mol. The quantitative estimate of drug-likeness (QED) is 0.822. The highest BCUT2D eigenvalue weighted by Gasteiger charge is 2.34. The third-order valence-corrected chi connectivity index (χ3v) is 4.63. The van der Waals surface area contributed by atoms with Gasteiger partial charge in [0.25, 0.3) is 0 Å². The molecule has 2 saturated heterocycles. The highest BCUT2D eigenvalue weighted by atomic mass is 16.6. The van der Waals surface area contributed by atoms with Crippen LogP contribution in [0.2, 0.25) is 0 Å². The fourth-order valence-electron chi connectivity index (χ4n) is 3.31. The fraction of sp³-hybridized carbons (Fsp3) is 0.824. The molecule has 2 N–H and O–H groups in total. The summed E-state index contributed by atoms with van der Waals surface area (Å²) in [4.78, 5) is 39.6. The van der Waals surface area contributed by atoms with E-state index in [4.69, 9.17) is 10.5 Å². The lowest BCUT2D eigenvalue weighted by Crippen LogP contribution is -2.50. The minimum Gasteiger partial charge on any atom is -0.444 e. The van der Waals surface area contributed by atoms with Crippen molar-refractivity contribution < 1.29 is 19.1 Å². The number of primary amides is 1. The van der Waals surface area contributed by atoms with Crippen molar-refractivity contribution in [2.75, 3.05) is 26.2 Å². The molecule has 0 aromatic heterocycles. The van der Waals surface area contributed by atoms with Crippen LogP contribution in [-0.4, -0.2) is 59.5 Å². The summed E-state index contributed by atoms with van der Waals surface area (Å²) in [6, 6.07) is 0. The van der Waals surface area contributed by atoms with E-state index >= 15 is 0 Å². The van der Waals surface area contributed by atoms with Gasteiger partial charge in [-0.15, -0.1) is 0 Å². The Morgan fingerprint density at radius 2 is 1.58 bits per heavy atom. The van der Waals surface area contributed by atoms with Gasteiger partial charge < -0.3 is 20.3 Å². The molecular weight excluding hydrogens is 310 g/mol. The molecule has 7 heteroatoms. The van der Waals surface area contributed by atoms with Gasteiger partial charge in [0.15, 0.2) is 0 Å². The lowest BCUT2D eigenvalue weighted by Gasteiger charge is -2.37. The van der Waals surface area contributed by atoms with E-state index in [2.05, 4.69) is 0 Å². The fourth-order valence-corrected chi connectivity index (χ4v) is 3.31. The van der Waals surface area contributed by atoms with E-state index in [1.165, 1.54) is 0 Å². The molecule has 0 aromatic rings. The van der Waals surface area contributed by atoms with E-state index in [1.54, 1.807) is 4.90 Å². The molecule has 2 heterocycles. The molecule has 1 unspecified atom stereocenters. The molecular formula is C17H29N3O4. The summed E-state index contributed by atoms with van der Waals surface area (Å²) in [6.07, 6.45) is 2.49. The summed E-state index contributed by atoms with van der Waals surface area (Å²) in [5.74, 6) is -0.517. The van der Waals surface area contributed by atoms with Crippen molar-refractivity contribution in [3.63, 3.8) is 0 Å². The lowest BCUT2D eigenvalue weighted by atomic mass is 9.92. The van der Waals surface area contributed by atoms with Crippen LogP contribution in [0.15, 0.2) is 0 Å². The average molecular weight is 339 g/mol. The van der Waals surface area contributed by atoms with Gasteiger partial charge in [0.05, 0.1) is 5.92 Å². The first-order valence-corrected chi connectivity index (χ1v) is 8.73. The van der Waals surface area contributed by atoms with Crippen LogP contribution in [0.1, 0.15) is 46.5 Å². The van der Waals surface area contributed by atoms with Gasteiger partial charge in [0.2, 0.25) is 11.8 Å². The van der Waals surface area contributed by atoms with Crippen molar-refractivity contribution in [2.45, 2.75) is 52.1 Å². The maximum Gasteiger partial charge on any atom is 0.410 e. The monoisotopic (exact) mass is 339 g/mol. The maximum absolute atomic E-state index is 12.7. The number of carbonyl (C=O) groups excluding carboxylic acids is 3. The van der Waals surface area contributed by atoms with Crippen molar-refractivity contribution in [2.24, 2.45) is 17.6 Å². The van der Waals surface area contributed by atoms with E-state index in [0.717, 1.165) is 12.8 Å². The number of hydrogen-bond acceptors (Lipinski definition) is 4. The summed E-state index contributed by atoms with van der Waals surface area (Å²) in [6.45, 7) is 7.66. The number of rotatable bonds is 2. The average Bonchev–Trinajstić information content (AvgIpc) is 2.53. The van der Waals surface area contributed by atoms with Crippen molar-refractivity contribution in [3.8, 4) is 0 Å². The molecule has 7 nitrogen and oxygen atoms in total. The molecule has 136 valence electrons. The highest BCUT2D eigenvalue weighted by Crippen LogP contribution is 2.24. The SMILES string of the molecule is CC(C)(C)OC(=O)N1CCCC(C(=O)N2CCC(C(N)=O)CC2)C1. The van der Waals surface area contributed by atoms with E-state index < -0.39 is 5.60 Å². The normalized spacial score (nSPS) is 23.0. The summed E-state index contributed by atoms with van der Waals surface area (Å²) in [5.41, 5.74) is 4.80. The van der Waals surface area contributed by atoms with Gasteiger partial charge in [0.1, 0.15) is 5.60 Å². The van der Waals surface area contributed by atoms with Crippen molar-refractivity contribution in [1.29, 1.82) is 0 Å². The molecule has 1 atom stereocenters. The molecule has 0 aromatic carbocycles. The zero-order valence-corrected chi connectivity index (χ0v) is 14.9. The molecule has 2 rings (SSSR count). The summed E-state index contributed by atoms with van der Waals surface area (Å²) < 4.78 is 5.40. The lowest BCUT2D eigenvalue weighted by molar-refractivity contribution is -0.140. The molecule has 0 saturated carbocycles. The van der Waals surface area contributed by atoms with Gasteiger partial charge in [0, 0.05) is 32.1 Å². The molecule has 0 radical (unpaired) electrons. The highest BCUT2D eigenvalue weighted by molar-refractivity contribution is 5.81. The summed E-state index contributed by atoms with van der Waals surface area (Å²) in [7, 11) is 0. The Morgan fingerprint density at radius 1 is 0.958 bits per heavy atom. The number of amides is 3. The van der Waals surface area contributed by atoms with E-state index in [9.17, 15) is 14.4 Å². The third-order valence-electron chi connectivity index (χ3n) is 4.63. The number of ether oxygens (including phenoxy) is 1. The minimum absolute atomic E-state index is 0.0752. The van der Waals surface area contributed by atoms with Crippen LogP contribution in [0.5, 0.6) is 0 Å². The van der Waals surface area contributed by atoms with Crippen LogP contribution in [0.25, 0.3) is 0 Å². The second-order valence-electron chi connectivity index (χ2n) is 7.77. The molecule has 0 spiro atoms. The second kappa shape index (κ2) is 7.40. The number of nitrogens with two attached hydrogens (primary N) is 1. The number of hydrogen-bond donors (Lipinski definition) is 1. The van der Waals surface area contributed by atoms with Gasteiger partial charge in [-0.2, -0.15) is 0 Å². The molecule has 2 fully saturated rings. The first-order valence-electron chi connectivity index (χ1n) is 8.73. The Balaban J connectivity index is 1.89. The second-order valence-corrected chi connectivity index (χ2v) is 7.77. The number of likely N-dealkylation sites (tertiary alicyclic amines) is 2. The van der Waals surface area contributed by atoms with Crippen LogP contribution in [0, 0.1) is 11.8 Å². The van der Waals surface area contributed by atoms with Crippen molar-refractivity contribution >= 4 is 17.9 Å². The number of carbonyl (C=O) groups is 3. The molecule has 2 aliphatic heterocycles. The molecule has 24 heavy (non-hydrogen) atoms. The summed E-state index contributed by atoms with van der Waals surface area (Å²) in [5, 5.41) is 0. The number of piperidine rings is 2. The molecule has 0 bridgehead atoms. The largest absolute Gasteiger partial charge is 0.444 e. The first kappa shape index (κ1) is 18.5. The molecule has 3 amide bonds. The Bertz CT molecular complexity index is 493. The van der Waals surface area contributed by atoms with Gasteiger partial charge >= 0.3 is 6.09 Å². The minimum atomic E-state index is -0.537. The van der Waals surface area contributed by atoms with E-state index in [-0.39, 0.29) is 29.7 Å². The Kier molecular flexibility index (Phi) is 5.72. The standard InChI is InChI=1S/C17H29N3O4/c1-17(2,3)24-16(23)20-8-4-5-13(11-20)15(22)19-9-6-12(7-10-19)14(18)21/h12-13H,4-11H2,1-3H3,(H2,18,21). The van der Waals surface area contributed by atoms with Crippen LogP contribution < -0.4 is 5.73 Å². The first-order chi connectivity index (χ1) is 11.2. The number of nitrogens with zero attached hydrogens (tertiary/aromatic N) is 2. The van der Waals surface area contributed by atoms with E-state index in [0.29, 0.717) is 39.0 Å². The van der Waals surface area contributed by atoms with Crippen LogP contribution in [0.4, 0.5) is 4.79 Å².